The predicted molar refractivity (Wildman–Crippen MR) is 82.5 cm³/mol. The predicted octanol–water partition coefficient (Wildman–Crippen LogP) is 3.19. The Morgan fingerprint density at radius 2 is 1.70 bits per heavy atom. The van der Waals surface area contributed by atoms with Crippen LogP contribution in [0.2, 0.25) is 5.02 Å². The maximum Gasteiger partial charge on any atom is 0.497 e. The first-order valence-corrected chi connectivity index (χ1v) is 7.08. The fraction of sp³-hybridized carbons (Fsp3) is 0.400. The summed E-state index contributed by atoms with van der Waals surface area (Å²) in [4.78, 5) is 4.44. The van der Waals surface area contributed by atoms with Crippen molar-refractivity contribution < 1.29 is 9.31 Å². The van der Waals surface area contributed by atoms with Gasteiger partial charge in [0, 0.05) is 22.1 Å². The summed E-state index contributed by atoms with van der Waals surface area (Å²) >= 11 is 6.23. The summed E-state index contributed by atoms with van der Waals surface area (Å²) in [6.45, 7) is 8.16. The van der Waals surface area contributed by atoms with Gasteiger partial charge in [0.25, 0.3) is 0 Å². The van der Waals surface area contributed by atoms with E-state index in [0.717, 1.165) is 16.4 Å². The van der Waals surface area contributed by atoms with Crippen LogP contribution in [0.25, 0.3) is 10.9 Å². The standard InChI is InChI=1S/C15H17BClNO2/c1-14(2)15(3,4)20-16(19-14)11-7-8-12(17)10-6-5-9-18-13(10)11/h5-9H,1-4H3. The van der Waals surface area contributed by atoms with Crippen LogP contribution in [0.15, 0.2) is 30.5 Å². The Bertz CT molecular complexity index is 656. The molecule has 0 bridgehead atoms. The first-order chi connectivity index (χ1) is 9.32. The first-order valence-electron chi connectivity index (χ1n) is 6.71. The van der Waals surface area contributed by atoms with Crippen molar-refractivity contribution >= 4 is 35.1 Å². The molecule has 104 valence electrons. The van der Waals surface area contributed by atoms with Crippen molar-refractivity contribution in [3.63, 3.8) is 0 Å². The second-order valence-corrected chi connectivity index (χ2v) is 6.53. The third kappa shape index (κ3) is 2.03. The number of pyridine rings is 1. The van der Waals surface area contributed by atoms with Crippen LogP contribution in [0.4, 0.5) is 0 Å². The summed E-state index contributed by atoms with van der Waals surface area (Å²) in [5.74, 6) is 0. The third-order valence-electron chi connectivity index (χ3n) is 4.25. The summed E-state index contributed by atoms with van der Waals surface area (Å²) < 4.78 is 12.2. The number of hydrogen-bond donors (Lipinski definition) is 0. The van der Waals surface area contributed by atoms with E-state index in [0.29, 0.717) is 5.02 Å². The van der Waals surface area contributed by atoms with Gasteiger partial charge in [0.05, 0.1) is 16.7 Å². The van der Waals surface area contributed by atoms with Crippen molar-refractivity contribution in [1.82, 2.24) is 4.98 Å². The lowest BCUT2D eigenvalue weighted by molar-refractivity contribution is 0.00578. The van der Waals surface area contributed by atoms with Gasteiger partial charge in [-0.1, -0.05) is 17.7 Å². The van der Waals surface area contributed by atoms with E-state index in [9.17, 15) is 0 Å². The van der Waals surface area contributed by atoms with Gasteiger partial charge >= 0.3 is 7.12 Å². The molecule has 0 atom stereocenters. The highest BCUT2D eigenvalue weighted by atomic mass is 35.5. The van der Waals surface area contributed by atoms with Crippen molar-refractivity contribution in [2.75, 3.05) is 0 Å². The smallest absolute Gasteiger partial charge is 0.399 e. The number of rotatable bonds is 1. The second kappa shape index (κ2) is 4.45. The average molecular weight is 290 g/mol. The highest BCUT2D eigenvalue weighted by Gasteiger charge is 2.52. The van der Waals surface area contributed by atoms with E-state index in [1.807, 2.05) is 52.0 Å². The van der Waals surface area contributed by atoms with Gasteiger partial charge in [-0.3, -0.25) is 4.98 Å². The molecule has 1 saturated heterocycles. The molecule has 2 heterocycles. The molecular weight excluding hydrogens is 272 g/mol. The molecule has 0 aliphatic carbocycles. The quantitative estimate of drug-likeness (QED) is 0.756. The third-order valence-corrected chi connectivity index (χ3v) is 4.58. The summed E-state index contributed by atoms with van der Waals surface area (Å²) in [6, 6.07) is 7.63. The summed E-state index contributed by atoms with van der Waals surface area (Å²) in [7, 11) is -0.422. The van der Waals surface area contributed by atoms with Crippen LogP contribution in [0.5, 0.6) is 0 Å². The Balaban J connectivity index is 2.11. The van der Waals surface area contributed by atoms with Crippen LogP contribution in [0, 0.1) is 0 Å². The molecule has 0 saturated carbocycles. The molecule has 0 spiro atoms. The number of nitrogens with zero attached hydrogens (tertiary/aromatic N) is 1. The fourth-order valence-electron chi connectivity index (χ4n) is 2.32. The zero-order valence-corrected chi connectivity index (χ0v) is 12.9. The van der Waals surface area contributed by atoms with E-state index in [4.69, 9.17) is 20.9 Å². The molecular formula is C15H17BClNO2. The van der Waals surface area contributed by atoms with Crippen molar-refractivity contribution in [2.45, 2.75) is 38.9 Å². The van der Waals surface area contributed by atoms with Gasteiger partial charge in [-0.15, -0.1) is 0 Å². The molecule has 3 rings (SSSR count). The summed E-state index contributed by atoms with van der Waals surface area (Å²) in [5, 5.41) is 1.61. The molecule has 1 aromatic heterocycles. The van der Waals surface area contributed by atoms with Crippen molar-refractivity contribution in [2.24, 2.45) is 0 Å². The van der Waals surface area contributed by atoms with E-state index in [1.165, 1.54) is 0 Å². The number of benzene rings is 1. The highest BCUT2D eigenvalue weighted by molar-refractivity contribution is 6.65. The molecule has 1 fully saturated rings. The molecule has 1 aliphatic rings. The Hall–Kier alpha value is -1.10. The Labute approximate surface area is 124 Å². The zero-order chi connectivity index (χ0) is 14.5. The van der Waals surface area contributed by atoms with Crippen LogP contribution in [0.1, 0.15) is 27.7 Å². The molecule has 3 nitrogen and oxygen atoms in total. The molecule has 0 radical (unpaired) electrons. The molecule has 1 aliphatic heterocycles. The minimum atomic E-state index is -0.422. The Morgan fingerprint density at radius 3 is 2.35 bits per heavy atom. The summed E-state index contributed by atoms with van der Waals surface area (Å²) in [5.41, 5.74) is 1.03. The van der Waals surface area contributed by atoms with Crippen LogP contribution >= 0.6 is 11.6 Å². The van der Waals surface area contributed by atoms with Gasteiger partial charge in [0.2, 0.25) is 0 Å². The monoisotopic (exact) mass is 289 g/mol. The minimum absolute atomic E-state index is 0.363. The molecule has 0 amide bonds. The zero-order valence-electron chi connectivity index (χ0n) is 12.1. The molecule has 2 aromatic rings. The van der Waals surface area contributed by atoms with E-state index in [1.54, 1.807) is 6.20 Å². The topological polar surface area (TPSA) is 31.4 Å². The minimum Gasteiger partial charge on any atom is -0.399 e. The van der Waals surface area contributed by atoms with Crippen LogP contribution in [0.3, 0.4) is 0 Å². The molecule has 0 unspecified atom stereocenters. The number of halogens is 1. The Morgan fingerprint density at radius 1 is 1.05 bits per heavy atom. The molecule has 1 aromatic carbocycles. The molecule has 20 heavy (non-hydrogen) atoms. The largest absolute Gasteiger partial charge is 0.497 e. The number of hydrogen-bond acceptors (Lipinski definition) is 3. The Kier molecular flexibility index (Phi) is 3.09. The van der Waals surface area contributed by atoms with E-state index in [-0.39, 0.29) is 11.2 Å². The van der Waals surface area contributed by atoms with Crippen molar-refractivity contribution in [1.29, 1.82) is 0 Å². The van der Waals surface area contributed by atoms with Gasteiger partial charge < -0.3 is 9.31 Å². The fourth-order valence-corrected chi connectivity index (χ4v) is 2.54. The lowest BCUT2D eigenvalue weighted by Gasteiger charge is -2.32. The van der Waals surface area contributed by atoms with Gasteiger partial charge in [0.1, 0.15) is 0 Å². The second-order valence-electron chi connectivity index (χ2n) is 6.12. The highest BCUT2D eigenvalue weighted by Crippen LogP contribution is 2.37. The number of fused-ring (bicyclic) bond motifs is 1. The van der Waals surface area contributed by atoms with Crippen molar-refractivity contribution in [3.05, 3.63) is 35.5 Å². The normalized spacial score (nSPS) is 20.6. The van der Waals surface area contributed by atoms with E-state index < -0.39 is 7.12 Å². The van der Waals surface area contributed by atoms with Gasteiger partial charge in [-0.2, -0.15) is 0 Å². The van der Waals surface area contributed by atoms with Crippen LogP contribution in [-0.4, -0.2) is 23.3 Å². The van der Waals surface area contributed by atoms with E-state index >= 15 is 0 Å². The molecule has 5 heteroatoms. The van der Waals surface area contributed by atoms with E-state index in [2.05, 4.69) is 4.98 Å². The maximum absolute atomic E-state index is 6.23. The SMILES string of the molecule is CC1(C)OB(c2ccc(Cl)c3cccnc23)OC1(C)C. The van der Waals surface area contributed by atoms with Gasteiger partial charge in [0.15, 0.2) is 0 Å². The van der Waals surface area contributed by atoms with Gasteiger partial charge in [-0.25, -0.2) is 0 Å². The van der Waals surface area contributed by atoms with Crippen LogP contribution in [-0.2, 0) is 9.31 Å². The van der Waals surface area contributed by atoms with Crippen molar-refractivity contribution in [3.8, 4) is 0 Å². The van der Waals surface area contributed by atoms with Crippen LogP contribution < -0.4 is 5.46 Å². The lowest BCUT2D eigenvalue weighted by Crippen LogP contribution is -2.41. The maximum atomic E-state index is 6.23. The molecule has 0 N–H and O–H groups in total. The average Bonchev–Trinajstić information content (AvgIpc) is 2.59. The first kappa shape index (κ1) is 13.9. The van der Waals surface area contributed by atoms with Gasteiger partial charge in [-0.05, 0) is 45.9 Å². The number of aromatic nitrogens is 1. The lowest BCUT2D eigenvalue weighted by atomic mass is 9.77. The summed E-state index contributed by atoms with van der Waals surface area (Å²) in [6.07, 6.45) is 1.76.